The maximum absolute atomic E-state index is 5.73. The highest BCUT2D eigenvalue weighted by Gasteiger charge is 2.35. The Morgan fingerprint density at radius 1 is 1.28 bits per heavy atom. The van der Waals surface area contributed by atoms with E-state index in [9.17, 15) is 0 Å². The van der Waals surface area contributed by atoms with Crippen molar-refractivity contribution in [1.29, 1.82) is 0 Å². The minimum Gasteiger partial charge on any atom is -0.383 e. The van der Waals surface area contributed by atoms with Gasteiger partial charge in [-0.3, -0.25) is 4.90 Å². The molecule has 2 unspecified atom stereocenters. The third-order valence-corrected chi connectivity index (χ3v) is 4.29. The molecule has 0 saturated carbocycles. The highest BCUT2D eigenvalue weighted by Crippen LogP contribution is 2.29. The average molecular weight is 312 g/mol. The highest BCUT2D eigenvalue weighted by atomic mass is 79.9. The molecule has 2 atom stereocenters. The van der Waals surface area contributed by atoms with Crippen LogP contribution < -0.4 is 11.1 Å². The molecular formula is C12H18BrN5. The third kappa shape index (κ3) is 2.44. The van der Waals surface area contributed by atoms with E-state index >= 15 is 0 Å². The summed E-state index contributed by atoms with van der Waals surface area (Å²) in [5, 5.41) is 3.45. The van der Waals surface area contributed by atoms with Crippen molar-refractivity contribution >= 4 is 27.7 Å². The molecule has 3 N–H and O–H groups in total. The fraction of sp³-hybridized carbons (Fsp3) is 0.667. The number of nitrogens with two attached hydrogens (primary N) is 1. The topological polar surface area (TPSA) is 67.1 Å². The van der Waals surface area contributed by atoms with Gasteiger partial charge in [0, 0.05) is 24.7 Å². The van der Waals surface area contributed by atoms with Crippen LogP contribution in [0.1, 0.15) is 25.7 Å². The van der Waals surface area contributed by atoms with E-state index in [1.165, 1.54) is 38.8 Å². The lowest BCUT2D eigenvalue weighted by molar-refractivity contribution is 0.192. The maximum Gasteiger partial charge on any atom is 0.225 e. The SMILES string of the molecule is Nc1cc(Br)nc(NC2CCN3CCCCC23)n1. The molecule has 2 saturated heterocycles. The summed E-state index contributed by atoms with van der Waals surface area (Å²) in [7, 11) is 0. The van der Waals surface area contributed by atoms with E-state index in [0.29, 0.717) is 23.8 Å². The van der Waals surface area contributed by atoms with Crippen LogP contribution in [0.3, 0.4) is 0 Å². The van der Waals surface area contributed by atoms with Gasteiger partial charge < -0.3 is 11.1 Å². The van der Waals surface area contributed by atoms with Crippen molar-refractivity contribution in [3.8, 4) is 0 Å². The number of nitrogens with zero attached hydrogens (tertiary/aromatic N) is 3. The summed E-state index contributed by atoms with van der Waals surface area (Å²) in [6.07, 6.45) is 5.12. The fourth-order valence-corrected chi connectivity index (χ4v) is 3.48. The van der Waals surface area contributed by atoms with Gasteiger partial charge in [0.2, 0.25) is 5.95 Å². The Kier molecular flexibility index (Phi) is 3.39. The van der Waals surface area contributed by atoms with Gasteiger partial charge in [0.25, 0.3) is 0 Å². The quantitative estimate of drug-likeness (QED) is 0.816. The molecule has 2 aliphatic heterocycles. The lowest BCUT2D eigenvalue weighted by Gasteiger charge is -2.32. The van der Waals surface area contributed by atoms with Crippen LogP contribution >= 0.6 is 15.9 Å². The number of fused-ring (bicyclic) bond motifs is 1. The number of aromatic nitrogens is 2. The molecule has 0 aliphatic carbocycles. The van der Waals surface area contributed by atoms with Gasteiger partial charge in [-0.25, -0.2) is 4.98 Å². The van der Waals surface area contributed by atoms with E-state index < -0.39 is 0 Å². The number of nitrogen functional groups attached to an aromatic ring is 1. The Labute approximate surface area is 115 Å². The van der Waals surface area contributed by atoms with Crippen LogP contribution in [-0.2, 0) is 0 Å². The second-order valence-corrected chi connectivity index (χ2v) is 5.89. The lowest BCUT2D eigenvalue weighted by Crippen LogP contribution is -2.42. The van der Waals surface area contributed by atoms with Crippen molar-refractivity contribution < 1.29 is 0 Å². The first kappa shape index (κ1) is 12.2. The summed E-state index contributed by atoms with van der Waals surface area (Å²) in [4.78, 5) is 11.2. The van der Waals surface area contributed by atoms with Gasteiger partial charge in [0.15, 0.2) is 0 Å². The summed E-state index contributed by atoms with van der Waals surface area (Å²) in [6.45, 7) is 2.43. The predicted molar refractivity (Wildman–Crippen MR) is 75.4 cm³/mol. The second kappa shape index (κ2) is 5.01. The summed E-state index contributed by atoms with van der Waals surface area (Å²) < 4.78 is 0.732. The van der Waals surface area contributed by atoms with Crippen molar-refractivity contribution in [2.24, 2.45) is 0 Å². The van der Waals surface area contributed by atoms with Crippen molar-refractivity contribution in [1.82, 2.24) is 14.9 Å². The van der Waals surface area contributed by atoms with Gasteiger partial charge >= 0.3 is 0 Å². The number of piperidine rings is 1. The van der Waals surface area contributed by atoms with Gasteiger partial charge in [0.1, 0.15) is 10.4 Å². The molecule has 0 amide bonds. The minimum atomic E-state index is 0.457. The number of halogens is 1. The summed E-state index contributed by atoms with van der Waals surface area (Å²) >= 11 is 3.35. The third-order valence-electron chi connectivity index (χ3n) is 3.89. The number of rotatable bonds is 2. The van der Waals surface area contributed by atoms with Crippen molar-refractivity contribution in [2.45, 2.75) is 37.8 Å². The molecule has 1 aromatic heterocycles. The van der Waals surface area contributed by atoms with E-state index in [2.05, 4.69) is 36.1 Å². The van der Waals surface area contributed by atoms with Crippen LogP contribution in [-0.4, -0.2) is 40.0 Å². The summed E-state index contributed by atoms with van der Waals surface area (Å²) in [5.74, 6) is 1.14. The Morgan fingerprint density at radius 3 is 3.00 bits per heavy atom. The van der Waals surface area contributed by atoms with Crippen LogP contribution in [0.4, 0.5) is 11.8 Å². The number of hydrogen-bond acceptors (Lipinski definition) is 5. The number of hydrogen-bond donors (Lipinski definition) is 2. The zero-order chi connectivity index (χ0) is 12.5. The Balaban J connectivity index is 1.72. The molecule has 6 heteroatoms. The maximum atomic E-state index is 5.73. The standard InChI is InChI=1S/C12H18BrN5/c13-10-7-11(14)17-12(16-10)15-8-4-6-18-5-2-1-3-9(8)18/h7-9H,1-6H2,(H3,14,15,16,17). The van der Waals surface area contributed by atoms with Crippen molar-refractivity contribution in [3.63, 3.8) is 0 Å². The first-order chi connectivity index (χ1) is 8.72. The second-order valence-electron chi connectivity index (χ2n) is 5.08. The van der Waals surface area contributed by atoms with Crippen LogP contribution in [0, 0.1) is 0 Å². The van der Waals surface area contributed by atoms with E-state index in [4.69, 9.17) is 5.73 Å². The molecule has 18 heavy (non-hydrogen) atoms. The molecule has 98 valence electrons. The lowest BCUT2D eigenvalue weighted by atomic mass is 9.99. The number of nitrogens with one attached hydrogen (secondary N) is 1. The van der Waals surface area contributed by atoms with Gasteiger partial charge in [-0.2, -0.15) is 4.98 Å². The van der Waals surface area contributed by atoms with Gasteiger partial charge in [-0.1, -0.05) is 6.42 Å². The first-order valence-electron chi connectivity index (χ1n) is 6.53. The van der Waals surface area contributed by atoms with Crippen LogP contribution in [0.25, 0.3) is 0 Å². The van der Waals surface area contributed by atoms with Gasteiger partial charge in [0.05, 0.1) is 0 Å². The van der Waals surface area contributed by atoms with Crippen molar-refractivity contribution in [2.75, 3.05) is 24.1 Å². The van der Waals surface area contributed by atoms with Crippen LogP contribution in [0.2, 0.25) is 0 Å². The zero-order valence-corrected chi connectivity index (χ0v) is 11.9. The Hall–Kier alpha value is -0.880. The van der Waals surface area contributed by atoms with Gasteiger partial charge in [-0.05, 0) is 41.7 Å². The fourth-order valence-electron chi connectivity index (χ4n) is 3.08. The molecule has 3 rings (SSSR count). The Bertz CT molecular complexity index is 418. The Morgan fingerprint density at radius 2 is 2.17 bits per heavy atom. The molecule has 0 aromatic carbocycles. The molecule has 0 spiro atoms. The molecular weight excluding hydrogens is 294 g/mol. The zero-order valence-electron chi connectivity index (χ0n) is 10.3. The molecule has 0 radical (unpaired) electrons. The minimum absolute atomic E-state index is 0.457. The number of anilines is 2. The van der Waals surface area contributed by atoms with Crippen LogP contribution in [0.5, 0.6) is 0 Å². The van der Waals surface area contributed by atoms with Crippen molar-refractivity contribution in [3.05, 3.63) is 10.7 Å². The van der Waals surface area contributed by atoms with E-state index in [1.807, 2.05) is 0 Å². The van der Waals surface area contributed by atoms with E-state index in [1.54, 1.807) is 6.07 Å². The molecule has 3 heterocycles. The first-order valence-corrected chi connectivity index (χ1v) is 7.32. The average Bonchev–Trinajstić information content (AvgIpc) is 2.72. The summed E-state index contributed by atoms with van der Waals surface area (Å²) in [6, 6.07) is 2.81. The normalized spacial score (nSPS) is 28.1. The largest absolute Gasteiger partial charge is 0.383 e. The monoisotopic (exact) mass is 311 g/mol. The summed E-state index contributed by atoms with van der Waals surface area (Å²) in [5.41, 5.74) is 5.73. The predicted octanol–water partition coefficient (Wildman–Crippen LogP) is 1.86. The van der Waals surface area contributed by atoms with E-state index in [0.717, 1.165) is 4.60 Å². The molecule has 5 nitrogen and oxygen atoms in total. The van der Waals surface area contributed by atoms with Gasteiger partial charge in [-0.15, -0.1) is 0 Å². The van der Waals surface area contributed by atoms with E-state index in [-0.39, 0.29) is 0 Å². The molecule has 0 bridgehead atoms. The van der Waals surface area contributed by atoms with Crippen LogP contribution in [0.15, 0.2) is 10.7 Å². The molecule has 2 fully saturated rings. The molecule has 1 aromatic rings. The highest BCUT2D eigenvalue weighted by molar-refractivity contribution is 9.10. The smallest absolute Gasteiger partial charge is 0.225 e. The molecule has 2 aliphatic rings.